The second-order valence-corrected chi connectivity index (χ2v) is 17.8. The number of thiophene rings is 1. The SMILES string of the molecule is CC1(C)c2cc(/C=C/c3ccc4sc5ccc(N6C7=C(CCC=C7)Sc7ccccc76)cc5c4c3)ccc2-c2ccc(N3CCCc4ccccc43)cc21. The van der Waals surface area contributed by atoms with Crippen LogP contribution in [0.4, 0.5) is 22.7 Å². The minimum Gasteiger partial charge on any atom is -0.341 e. The van der Waals surface area contributed by atoms with Gasteiger partial charge in [0.2, 0.25) is 0 Å². The molecule has 0 unspecified atom stereocenters. The van der Waals surface area contributed by atoms with E-state index in [-0.39, 0.29) is 5.41 Å². The summed E-state index contributed by atoms with van der Waals surface area (Å²) in [5.41, 5.74) is 15.9. The Balaban J connectivity index is 0.913. The van der Waals surface area contributed by atoms with Crippen LogP contribution in [0, 0.1) is 0 Å². The molecule has 0 spiro atoms. The number of para-hydroxylation sites is 2. The maximum Gasteiger partial charge on any atom is 0.0601 e. The number of hydrogen-bond donors (Lipinski definition) is 0. The summed E-state index contributed by atoms with van der Waals surface area (Å²) in [6.07, 6.45) is 13.8. The topological polar surface area (TPSA) is 6.48 Å². The van der Waals surface area contributed by atoms with Crippen molar-refractivity contribution in [3.05, 3.63) is 172 Å². The van der Waals surface area contributed by atoms with E-state index in [0.29, 0.717) is 0 Å². The lowest BCUT2D eigenvalue weighted by Gasteiger charge is -2.35. The van der Waals surface area contributed by atoms with Gasteiger partial charge in [-0.3, -0.25) is 0 Å². The van der Waals surface area contributed by atoms with Crippen LogP contribution in [-0.2, 0) is 11.8 Å². The Hall–Kier alpha value is -5.29. The van der Waals surface area contributed by atoms with Crippen molar-refractivity contribution >= 4 is 78.2 Å². The molecule has 4 aliphatic rings. The third-order valence-electron chi connectivity index (χ3n) is 12.0. The number of nitrogens with zero attached hydrogens (tertiary/aromatic N) is 2. The maximum atomic E-state index is 2.52. The Morgan fingerprint density at radius 2 is 1.35 bits per heavy atom. The van der Waals surface area contributed by atoms with Crippen molar-refractivity contribution < 1.29 is 0 Å². The highest BCUT2D eigenvalue weighted by Crippen LogP contribution is 2.52. The highest BCUT2D eigenvalue weighted by atomic mass is 32.2. The maximum absolute atomic E-state index is 2.52. The van der Waals surface area contributed by atoms with Gasteiger partial charge < -0.3 is 9.80 Å². The third kappa shape index (κ3) is 5.07. The molecule has 2 aliphatic heterocycles. The highest BCUT2D eigenvalue weighted by Gasteiger charge is 2.36. The van der Waals surface area contributed by atoms with E-state index in [9.17, 15) is 0 Å². The number of benzene rings is 6. The van der Waals surface area contributed by atoms with Crippen molar-refractivity contribution in [3.8, 4) is 11.1 Å². The van der Waals surface area contributed by atoms with Crippen LogP contribution in [0.2, 0.25) is 0 Å². The lowest BCUT2D eigenvalue weighted by molar-refractivity contribution is 0.659. The van der Waals surface area contributed by atoms with Crippen LogP contribution in [0.1, 0.15) is 60.9 Å². The first-order chi connectivity index (χ1) is 26.5. The average Bonchev–Trinajstić information content (AvgIpc) is 3.69. The summed E-state index contributed by atoms with van der Waals surface area (Å²) in [6, 6.07) is 46.0. The van der Waals surface area contributed by atoms with Crippen LogP contribution in [0.25, 0.3) is 43.5 Å². The molecule has 262 valence electrons. The Morgan fingerprint density at radius 3 is 2.24 bits per heavy atom. The minimum atomic E-state index is -0.0795. The standard InChI is InChI=1S/C50H40N2S2/c1-50(2)41-29-33(19-23-37(41)38-24-21-35(31-42(38)50)51-27-9-11-34-10-3-4-12-43(34)51)18-17-32-20-25-46-39(28-32)40-30-36(22-26-47(40)53-46)52-44-13-5-7-15-48(44)54-49-16-8-6-14-45(49)52/h3-7,10,12-15,17-26,28-31H,8-9,11,16,27H2,1-2H3/b18-17+. The molecule has 6 aromatic carbocycles. The van der Waals surface area contributed by atoms with Crippen LogP contribution in [0.15, 0.2) is 149 Å². The van der Waals surface area contributed by atoms with Gasteiger partial charge in [-0.1, -0.05) is 105 Å². The number of anilines is 4. The van der Waals surface area contributed by atoms with Crippen LogP contribution in [0.5, 0.6) is 0 Å². The van der Waals surface area contributed by atoms with E-state index >= 15 is 0 Å². The molecule has 7 aromatic rings. The van der Waals surface area contributed by atoms with E-state index < -0.39 is 0 Å². The molecule has 0 fully saturated rings. The second-order valence-electron chi connectivity index (χ2n) is 15.6. The molecular weight excluding hydrogens is 693 g/mol. The molecule has 0 radical (unpaired) electrons. The van der Waals surface area contributed by atoms with Gasteiger partial charge in [0.1, 0.15) is 0 Å². The number of aryl methyl sites for hydroxylation is 1. The first kappa shape index (κ1) is 32.2. The summed E-state index contributed by atoms with van der Waals surface area (Å²) in [5, 5.41) is 2.65. The van der Waals surface area contributed by atoms with Crippen LogP contribution in [0.3, 0.4) is 0 Å². The summed E-state index contributed by atoms with van der Waals surface area (Å²) < 4.78 is 2.66. The zero-order valence-corrected chi connectivity index (χ0v) is 32.2. The van der Waals surface area contributed by atoms with E-state index in [4.69, 9.17) is 0 Å². The van der Waals surface area contributed by atoms with Gasteiger partial charge in [0.15, 0.2) is 0 Å². The Morgan fingerprint density at radius 1 is 0.648 bits per heavy atom. The molecule has 0 saturated carbocycles. The molecule has 0 bridgehead atoms. The third-order valence-corrected chi connectivity index (χ3v) is 14.4. The van der Waals surface area contributed by atoms with Crippen molar-refractivity contribution in [1.29, 1.82) is 0 Å². The van der Waals surface area contributed by atoms with Crippen LogP contribution < -0.4 is 9.80 Å². The molecule has 0 atom stereocenters. The minimum absolute atomic E-state index is 0.0795. The van der Waals surface area contributed by atoms with E-state index in [0.717, 1.165) is 25.8 Å². The van der Waals surface area contributed by atoms with E-state index in [2.05, 4.69) is 169 Å². The number of thioether (sulfide) groups is 1. The van der Waals surface area contributed by atoms with Crippen LogP contribution in [-0.4, -0.2) is 6.54 Å². The van der Waals surface area contributed by atoms with Crippen LogP contribution >= 0.6 is 23.1 Å². The van der Waals surface area contributed by atoms with Gasteiger partial charge in [-0.2, -0.15) is 0 Å². The lowest BCUT2D eigenvalue weighted by atomic mass is 9.81. The van der Waals surface area contributed by atoms with Crippen molar-refractivity contribution in [3.63, 3.8) is 0 Å². The van der Waals surface area contributed by atoms with Gasteiger partial charge in [0.05, 0.1) is 11.4 Å². The molecule has 0 amide bonds. The number of fused-ring (bicyclic) bond motifs is 8. The van der Waals surface area contributed by atoms with Gasteiger partial charge in [0.25, 0.3) is 0 Å². The van der Waals surface area contributed by atoms with E-state index in [1.165, 1.54) is 104 Å². The predicted octanol–water partition coefficient (Wildman–Crippen LogP) is 14.4. The fourth-order valence-electron chi connectivity index (χ4n) is 9.24. The quantitative estimate of drug-likeness (QED) is 0.166. The van der Waals surface area contributed by atoms with Crippen molar-refractivity contribution in [2.24, 2.45) is 0 Å². The molecule has 0 N–H and O–H groups in total. The number of hydrogen-bond acceptors (Lipinski definition) is 4. The van der Waals surface area contributed by atoms with Crippen molar-refractivity contribution in [2.45, 2.75) is 49.8 Å². The average molecular weight is 733 g/mol. The Bertz CT molecular complexity index is 2780. The molecule has 54 heavy (non-hydrogen) atoms. The summed E-state index contributed by atoms with van der Waals surface area (Å²) >= 11 is 3.83. The zero-order chi connectivity index (χ0) is 36.0. The normalized spacial score (nSPS) is 16.9. The zero-order valence-electron chi connectivity index (χ0n) is 30.6. The lowest BCUT2D eigenvalue weighted by Crippen LogP contribution is -2.25. The fourth-order valence-corrected chi connectivity index (χ4v) is 11.5. The summed E-state index contributed by atoms with van der Waals surface area (Å²) in [7, 11) is 0. The van der Waals surface area contributed by atoms with E-state index in [1.807, 2.05) is 23.1 Å². The highest BCUT2D eigenvalue weighted by molar-refractivity contribution is 8.03. The van der Waals surface area contributed by atoms with E-state index in [1.54, 1.807) is 0 Å². The fraction of sp³-hybridized carbons (Fsp3) is 0.160. The molecule has 2 aliphatic carbocycles. The molecule has 3 heterocycles. The smallest absolute Gasteiger partial charge is 0.0601 e. The first-order valence-corrected chi connectivity index (χ1v) is 20.9. The van der Waals surface area contributed by atoms with Gasteiger partial charge in [-0.05, 0) is 131 Å². The monoisotopic (exact) mass is 732 g/mol. The predicted molar refractivity (Wildman–Crippen MR) is 234 cm³/mol. The molecule has 1 aromatic heterocycles. The largest absolute Gasteiger partial charge is 0.341 e. The molecule has 2 nitrogen and oxygen atoms in total. The summed E-state index contributed by atoms with van der Waals surface area (Å²) in [5.74, 6) is 0. The summed E-state index contributed by atoms with van der Waals surface area (Å²) in [4.78, 5) is 7.80. The van der Waals surface area contributed by atoms with Gasteiger partial charge in [-0.25, -0.2) is 0 Å². The first-order valence-electron chi connectivity index (χ1n) is 19.3. The van der Waals surface area contributed by atoms with Crippen molar-refractivity contribution in [1.82, 2.24) is 0 Å². The summed E-state index contributed by atoms with van der Waals surface area (Å²) in [6.45, 7) is 5.85. The van der Waals surface area contributed by atoms with Gasteiger partial charge in [-0.15, -0.1) is 11.3 Å². The van der Waals surface area contributed by atoms with Crippen molar-refractivity contribution in [2.75, 3.05) is 16.3 Å². The number of rotatable bonds is 4. The second kappa shape index (κ2) is 12.4. The number of allylic oxidation sites excluding steroid dienone is 3. The molecule has 0 saturated heterocycles. The molecule has 11 rings (SSSR count). The molecular formula is C50H40N2S2. The van der Waals surface area contributed by atoms with Gasteiger partial charge in [0, 0.05) is 59.0 Å². The van der Waals surface area contributed by atoms with Gasteiger partial charge >= 0.3 is 0 Å². The Kier molecular flexibility index (Phi) is 7.37. The Labute approximate surface area is 325 Å². The molecule has 4 heteroatoms.